The Hall–Kier alpha value is -7.11. The number of allylic oxidation sites excluding steroid dienone is 1. The van der Waals surface area contributed by atoms with Crippen molar-refractivity contribution < 1.29 is 8.83 Å². The standard InChI is InChI=1S/C49H31N3O2/c1-3-10-30(11-4-1)33-20-18-31-19-21-36(27-37(31)26-33)48-50-47(32-12-5-2-6-13-32)51-49(52-48)40-15-9-17-44-46(40)39-24-22-35(29-45(39)54-44)34-23-25-43-41(28-34)38-14-7-8-16-42(38)53-43/h1-28,35H,29H2. The van der Waals surface area contributed by atoms with Gasteiger partial charge < -0.3 is 8.83 Å². The molecule has 1 unspecified atom stereocenters. The van der Waals surface area contributed by atoms with E-state index in [9.17, 15) is 0 Å². The Kier molecular flexibility index (Phi) is 6.92. The lowest BCUT2D eigenvalue weighted by molar-refractivity contribution is 0.532. The van der Waals surface area contributed by atoms with Crippen LogP contribution < -0.4 is 0 Å². The number of furan rings is 2. The van der Waals surface area contributed by atoms with Crippen LogP contribution in [-0.4, -0.2) is 15.0 Å². The maximum Gasteiger partial charge on any atom is 0.164 e. The number of benzene rings is 7. The van der Waals surface area contributed by atoms with Crippen molar-refractivity contribution in [1.29, 1.82) is 0 Å². The fourth-order valence-corrected chi connectivity index (χ4v) is 7.96. The van der Waals surface area contributed by atoms with Gasteiger partial charge in [0.1, 0.15) is 22.5 Å². The zero-order chi connectivity index (χ0) is 35.6. The van der Waals surface area contributed by atoms with Crippen molar-refractivity contribution in [2.45, 2.75) is 12.3 Å². The van der Waals surface area contributed by atoms with E-state index >= 15 is 0 Å². The molecule has 54 heavy (non-hydrogen) atoms. The van der Waals surface area contributed by atoms with Crippen LogP contribution in [0.2, 0.25) is 0 Å². The number of hydrogen-bond acceptors (Lipinski definition) is 5. The molecule has 0 saturated heterocycles. The topological polar surface area (TPSA) is 65.0 Å². The SMILES string of the molecule is C1=CC(c2ccc3oc4ccccc4c3c2)Cc2oc3cccc(-c4nc(-c5ccccc5)nc(-c5ccc6ccc(-c7ccccc7)cc6c5)n4)c3c21. The van der Waals surface area contributed by atoms with Crippen molar-refractivity contribution in [3.8, 4) is 45.3 Å². The molecule has 10 aromatic rings. The fourth-order valence-electron chi connectivity index (χ4n) is 7.96. The summed E-state index contributed by atoms with van der Waals surface area (Å²) in [5.41, 5.74) is 10.1. The van der Waals surface area contributed by atoms with Gasteiger partial charge in [0.05, 0.1) is 0 Å². The number of hydrogen-bond donors (Lipinski definition) is 0. The van der Waals surface area contributed by atoms with E-state index in [1.54, 1.807) is 0 Å². The highest BCUT2D eigenvalue weighted by Gasteiger charge is 2.25. The molecule has 0 aliphatic heterocycles. The summed E-state index contributed by atoms with van der Waals surface area (Å²) in [5, 5.41) is 5.57. The van der Waals surface area contributed by atoms with Crippen LogP contribution in [0.1, 0.15) is 22.8 Å². The lowest BCUT2D eigenvalue weighted by Gasteiger charge is -2.17. The first kappa shape index (κ1) is 30.5. The summed E-state index contributed by atoms with van der Waals surface area (Å²) >= 11 is 0. The molecule has 5 heteroatoms. The molecule has 7 aromatic carbocycles. The summed E-state index contributed by atoms with van der Waals surface area (Å²) in [6, 6.07) is 54.5. The van der Waals surface area contributed by atoms with Gasteiger partial charge in [-0.25, -0.2) is 15.0 Å². The van der Waals surface area contributed by atoms with Gasteiger partial charge in [-0.2, -0.15) is 0 Å². The normalized spacial score (nSPS) is 14.0. The van der Waals surface area contributed by atoms with Gasteiger partial charge in [-0.3, -0.25) is 0 Å². The van der Waals surface area contributed by atoms with Gasteiger partial charge >= 0.3 is 0 Å². The molecule has 1 aliphatic carbocycles. The van der Waals surface area contributed by atoms with Crippen molar-refractivity contribution in [1.82, 2.24) is 15.0 Å². The second-order valence-electron chi connectivity index (χ2n) is 14.0. The fraction of sp³-hybridized carbons (Fsp3) is 0.0408. The van der Waals surface area contributed by atoms with E-state index in [1.807, 2.05) is 60.7 Å². The molecular formula is C49H31N3O2. The predicted octanol–water partition coefficient (Wildman–Crippen LogP) is 12.7. The second-order valence-corrected chi connectivity index (χ2v) is 14.0. The molecule has 1 atom stereocenters. The van der Waals surface area contributed by atoms with Crippen molar-refractivity contribution in [2.24, 2.45) is 0 Å². The van der Waals surface area contributed by atoms with E-state index < -0.39 is 0 Å². The molecule has 0 amide bonds. The summed E-state index contributed by atoms with van der Waals surface area (Å²) < 4.78 is 12.7. The van der Waals surface area contributed by atoms with Crippen molar-refractivity contribution in [3.63, 3.8) is 0 Å². The first-order valence-electron chi connectivity index (χ1n) is 18.3. The van der Waals surface area contributed by atoms with Gasteiger partial charge in [0.15, 0.2) is 17.5 Å². The van der Waals surface area contributed by atoms with Crippen LogP contribution in [0.4, 0.5) is 0 Å². The van der Waals surface area contributed by atoms with Crippen LogP contribution >= 0.6 is 0 Å². The van der Waals surface area contributed by atoms with E-state index in [2.05, 4.69) is 109 Å². The second kappa shape index (κ2) is 12.2. The molecular weight excluding hydrogens is 663 g/mol. The van der Waals surface area contributed by atoms with Crippen molar-refractivity contribution >= 4 is 49.8 Å². The number of nitrogens with zero attached hydrogens (tertiary/aromatic N) is 3. The third-order valence-electron chi connectivity index (χ3n) is 10.7. The van der Waals surface area contributed by atoms with Crippen molar-refractivity contribution in [3.05, 3.63) is 181 Å². The van der Waals surface area contributed by atoms with E-state index in [0.717, 1.165) is 78.1 Å². The van der Waals surface area contributed by atoms with Crippen LogP contribution in [-0.2, 0) is 6.42 Å². The Morgan fingerprint density at radius 2 is 1.15 bits per heavy atom. The molecule has 0 saturated carbocycles. The third-order valence-corrected chi connectivity index (χ3v) is 10.7. The van der Waals surface area contributed by atoms with E-state index in [0.29, 0.717) is 17.5 Å². The van der Waals surface area contributed by atoms with Gasteiger partial charge in [-0.05, 0) is 63.9 Å². The molecule has 11 rings (SSSR count). The molecule has 0 radical (unpaired) electrons. The van der Waals surface area contributed by atoms with Gasteiger partial charge in [-0.1, -0.05) is 133 Å². The molecule has 0 fully saturated rings. The Bertz CT molecular complexity index is 3090. The average Bonchev–Trinajstić information content (AvgIpc) is 3.81. The highest BCUT2D eigenvalue weighted by atomic mass is 16.3. The average molecular weight is 694 g/mol. The molecule has 3 aromatic heterocycles. The number of fused-ring (bicyclic) bond motifs is 7. The van der Waals surface area contributed by atoms with Crippen LogP contribution in [0.3, 0.4) is 0 Å². The van der Waals surface area contributed by atoms with Gasteiger partial charge in [0.2, 0.25) is 0 Å². The van der Waals surface area contributed by atoms with Gasteiger partial charge in [0, 0.05) is 50.8 Å². The van der Waals surface area contributed by atoms with Gasteiger partial charge in [0.25, 0.3) is 0 Å². The predicted molar refractivity (Wildman–Crippen MR) is 218 cm³/mol. The molecule has 0 spiro atoms. The number of aromatic nitrogens is 3. The number of rotatable bonds is 5. The minimum absolute atomic E-state index is 0.170. The summed E-state index contributed by atoms with van der Waals surface area (Å²) in [5.74, 6) is 2.99. The van der Waals surface area contributed by atoms with E-state index in [4.69, 9.17) is 23.8 Å². The maximum absolute atomic E-state index is 6.63. The lowest BCUT2D eigenvalue weighted by atomic mass is 9.87. The smallest absolute Gasteiger partial charge is 0.164 e. The third kappa shape index (κ3) is 5.13. The highest BCUT2D eigenvalue weighted by molar-refractivity contribution is 6.05. The minimum atomic E-state index is 0.170. The van der Waals surface area contributed by atoms with Crippen molar-refractivity contribution in [2.75, 3.05) is 0 Å². The molecule has 254 valence electrons. The van der Waals surface area contributed by atoms with Crippen LogP contribution in [0, 0.1) is 0 Å². The molecule has 0 bridgehead atoms. The van der Waals surface area contributed by atoms with Gasteiger partial charge in [-0.15, -0.1) is 0 Å². The minimum Gasteiger partial charge on any atom is -0.460 e. The summed E-state index contributed by atoms with van der Waals surface area (Å²) in [4.78, 5) is 15.3. The zero-order valence-corrected chi connectivity index (χ0v) is 29.1. The van der Waals surface area contributed by atoms with Crippen LogP contribution in [0.25, 0.3) is 95.0 Å². The van der Waals surface area contributed by atoms with E-state index in [-0.39, 0.29) is 5.92 Å². The van der Waals surface area contributed by atoms with Crippen LogP contribution in [0.5, 0.6) is 0 Å². The molecule has 1 aliphatic rings. The Balaban J connectivity index is 1.02. The molecule has 0 N–H and O–H groups in total. The van der Waals surface area contributed by atoms with E-state index in [1.165, 1.54) is 16.7 Å². The molecule has 3 heterocycles. The largest absolute Gasteiger partial charge is 0.460 e. The number of para-hydroxylation sites is 1. The maximum atomic E-state index is 6.63. The highest BCUT2D eigenvalue weighted by Crippen LogP contribution is 2.42. The first-order valence-corrected chi connectivity index (χ1v) is 18.3. The summed E-state index contributed by atoms with van der Waals surface area (Å²) in [6.45, 7) is 0. The Morgan fingerprint density at radius 1 is 0.463 bits per heavy atom. The first-order chi connectivity index (χ1) is 26.7. The Morgan fingerprint density at radius 3 is 2.00 bits per heavy atom. The zero-order valence-electron chi connectivity index (χ0n) is 29.1. The monoisotopic (exact) mass is 693 g/mol. The van der Waals surface area contributed by atoms with Crippen LogP contribution in [0.15, 0.2) is 173 Å². The lowest BCUT2D eigenvalue weighted by Crippen LogP contribution is -2.04. The summed E-state index contributed by atoms with van der Waals surface area (Å²) in [7, 11) is 0. The quantitative estimate of drug-likeness (QED) is 0.179. The molecule has 5 nitrogen and oxygen atoms in total. The Labute approximate surface area is 310 Å². The summed E-state index contributed by atoms with van der Waals surface area (Å²) in [6.07, 6.45) is 5.26.